The monoisotopic (exact) mass is 279 g/mol. The van der Waals surface area contributed by atoms with E-state index in [1.54, 1.807) is 11.3 Å². The van der Waals surface area contributed by atoms with Crippen molar-refractivity contribution < 1.29 is 4.42 Å². The van der Waals surface area contributed by atoms with Crippen molar-refractivity contribution in [2.24, 2.45) is 0 Å². The highest BCUT2D eigenvalue weighted by Gasteiger charge is 2.21. The number of aryl methyl sites for hydroxylation is 1. The molecule has 2 N–H and O–H groups in total. The van der Waals surface area contributed by atoms with Crippen molar-refractivity contribution >= 4 is 17.4 Å². The van der Waals surface area contributed by atoms with Crippen molar-refractivity contribution in [2.45, 2.75) is 45.3 Å². The SMILES string of the molecule is Cc1csc(C(C)Nc2nnc(CNC3CC3)o2)n1. The third-order valence-electron chi connectivity index (χ3n) is 2.93. The second kappa shape index (κ2) is 5.26. The molecule has 1 aliphatic rings. The Morgan fingerprint density at radius 1 is 1.47 bits per heavy atom. The number of hydrogen-bond donors (Lipinski definition) is 2. The first-order valence-corrected chi connectivity index (χ1v) is 7.33. The van der Waals surface area contributed by atoms with Crippen LogP contribution >= 0.6 is 11.3 Å². The molecule has 2 aromatic rings. The number of rotatable bonds is 6. The minimum absolute atomic E-state index is 0.0726. The van der Waals surface area contributed by atoms with E-state index >= 15 is 0 Å². The summed E-state index contributed by atoms with van der Waals surface area (Å²) >= 11 is 1.63. The third-order valence-corrected chi connectivity index (χ3v) is 4.08. The number of thiazole rings is 1. The van der Waals surface area contributed by atoms with E-state index in [0.717, 1.165) is 10.7 Å². The Balaban J connectivity index is 1.56. The van der Waals surface area contributed by atoms with Gasteiger partial charge in [0.25, 0.3) is 0 Å². The summed E-state index contributed by atoms with van der Waals surface area (Å²) in [7, 11) is 0. The van der Waals surface area contributed by atoms with Crippen LogP contribution < -0.4 is 10.6 Å². The van der Waals surface area contributed by atoms with Gasteiger partial charge in [0.1, 0.15) is 5.01 Å². The zero-order valence-electron chi connectivity index (χ0n) is 11.0. The first-order valence-electron chi connectivity index (χ1n) is 6.45. The lowest BCUT2D eigenvalue weighted by molar-refractivity contribution is 0.473. The van der Waals surface area contributed by atoms with Gasteiger partial charge in [0.2, 0.25) is 5.89 Å². The maximum atomic E-state index is 5.54. The topological polar surface area (TPSA) is 75.9 Å². The molecule has 6 nitrogen and oxygen atoms in total. The molecule has 0 aliphatic heterocycles. The van der Waals surface area contributed by atoms with Crippen LogP contribution in [0.4, 0.5) is 6.01 Å². The largest absolute Gasteiger partial charge is 0.407 e. The standard InChI is InChI=1S/C12H17N5OS/c1-7-6-19-11(14-7)8(2)15-12-17-16-10(18-12)5-13-9-3-4-9/h6,8-9,13H,3-5H2,1-2H3,(H,15,17). The first kappa shape index (κ1) is 12.6. The summed E-state index contributed by atoms with van der Waals surface area (Å²) in [6.45, 7) is 4.66. The smallest absolute Gasteiger partial charge is 0.316 e. The zero-order valence-corrected chi connectivity index (χ0v) is 11.8. The van der Waals surface area contributed by atoms with Crippen molar-refractivity contribution in [1.82, 2.24) is 20.5 Å². The first-order chi connectivity index (χ1) is 9.20. The summed E-state index contributed by atoms with van der Waals surface area (Å²) in [5.41, 5.74) is 1.04. The van der Waals surface area contributed by atoms with Crippen LogP contribution in [0.1, 0.15) is 42.4 Å². The maximum Gasteiger partial charge on any atom is 0.316 e. The molecular weight excluding hydrogens is 262 g/mol. The summed E-state index contributed by atoms with van der Waals surface area (Å²) in [5, 5.41) is 17.6. The Morgan fingerprint density at radius 3 is 3.00 bits per heavy atom. The Labute approximate surface area is 115 Å². The molecule has 0 aromatic carbocycles. The predicted octanol–water partition coefficient (Wildman–Crippen LogP) is 2.26. The Hall–Kier alpha value is -1.47. The molecule has 102 valence electrons. The summed E-state index contributed by atoms with van der Waals surface area (Å²) in [5.74, 6) is 0.622. The number of nitrogens with one attached hydrogen (secondary N) is 2. The molecular formula is C12H17N5OS. The average Bonchev–Trinajstić information content (AvgIpc) is 2.95. The fourth-order valence-electron chi connectivity index (χ4n) is 1.72. The van der Waals surface area contributed by atoms with Gasteiger partial charge in [0.15, 0.2) is 0 Å². The van der Waals surface area contributed by atoms with E-state index in [-0.39, 0.29) is 6.04 Å². The Kier molecular flexibility index (Phi) is 3.48. The molecule has 0 amide bonds. The molecule has 7 heteroatoms. The molecule has 3 rings (SSSR count). The second-order valence-corrected chi connectivity index (χ2v) is 5.74. The van der Waals surface area contributed by atoms with E-state index in [1.807, 2.05) is 19.2 Å². The second-order valence-electron chi connectivity index (χ2n) is 4.85. The van der Waals surface area contributed by atoms with Gasteiger partial charge in [0, 0.05) is 17.1 Å². The van der Waals surface area contributed by atoms with Crippen molar-refractivity contribution in [2.75, 3.05) is 5.32 Å². The fraction of sp³-hybridized carbons (Fsp3) is 0.583. The lowest BCUT2D eigenvalue weighted by Crippen LogP contribution is -2.15. The van der Waals surface area contributed by atoms with Gasteiger partial charge in [0.05, 0.1) is 12.6 Å². The third kappa shape index (κ3) is 3.30. The van der Waals surface area contributed by atoms with Crippen LogP contribution in [-0.2, 0) is 6.54 Å². The molecule has 0 radical (unpaired) electrons. The van der Waals surface area contributed by atoms with Crippen molar-refractivity contribution in [3.63, 3.8) is 0 Å². The Morgan fingerprint density at radius 2 is 2.32 bits per heavy atom. The lowest BCUT2D eigenvalue weighted by atomic mass is 10.3. The van der Waals surface area contributed by atoms with E-state index < -0.39 is 0 Å². The van der Waals surface area contributed by atoms with Crippen molar-refractivity contribution in [3.8, 4) is 0 Å². The molecule has 0 saturated heterocycles. The van der Waals surface area contributed by atoms with Crippen molar-refractivity contribution in [1.29, 1.82) is 0 Å². The van der Waals surface area contributed by atoms with Crippen LogP contribution in [0.3, 0.4) is 0 Å². The molecule has 2 aromatic heterocycles. The summed E-state index contributed by atoms with van der Waals surface area (Å²) in [6.07, 6.45) is 2.50. The van der Waals surface area contributed by atoms with Crippen molar-refractivity contribution in [3.05, 3.63) is 22.0 Å². The predicted molar refractivity (Wildman–Crippen MR) is 73.0 cm³/mol. The Bertz CT molecular complexity index is 548. The molecule has 1 atom stereocenters. The quantitative estimate of drug-likeness (QED) is 0.844. The molecule has 1 saturated carbocycles. The average molecular weight is 279 g/mol. The van der Waals surface area contributed by atoms with Gasteiger partial charge in [-0.3, -0.25) is 0 Å². The normalized spacial score (nSPS) is 16.5. The molecule has 0 spiro atoms. The molecule has 19 heavy (non-hydrogen) atoms. The van der Waals surface area contributed by atoms with Gasteiger partial charge in [-0.1, -0.05) is 5.10 Å². The minimum Gasteiger partial charge on any atom is -0.407 e. The summed E-state index contributed by atoms with van der Waals surface area (Å²) < 4.78 is 5.54. The highest BCUT2D eigenvalue weighted by molar-refractivity contribution is 7.09. The van der Waals surface area contributed by atoms with Crippen LogP contribution in [0.5, 0.6) is 0 Å². The van der Waals surface area contributed by atoms with E-state index in [2.05, 4.69) is 25.8 Å². The molecule has 2 heterocycles. The number of aromatic nitrogens is 3. The summed E-state index contributed by atoms with van der Waals surface area (Å²) in [4.78, 5) is 4.44. The maximum absolute atomic E-state index is 5.54. The van der Waals surface area contributed by atoms with E-state index in [9.17, 15) is 0 Å². The molecule has 1 unspecified atom stereocenters. The van der Waals surface area contributed by atoms with Gasteiger partial charge in [-0.05, 0) is 26.7 Å². The number of hydrogen-bond acceptors (Lipinski definition) is 7. The van der Waals surface area contributed by atoms with Gasteiger partial charge >= 0.3 is 6.01 Å². The van der Waals surface area contributed by atoms with Gasteiger partial charge in [-0.15, -0.1) is 16.4 Å². The van der Waals surface area contributed by atoms with Crippen LogP contribution in [0, 0.1) is 6.92 Å². The summed E-state index contributed by atoms with van der Waals surface area (Å²) in [6, 6.07) is 1.16. The van der Waals surface area contributed by atoms with Crippen LogP contribution in [0.15, 0.2) is 9.80 Å². The number of nitrogens with zero attached hydrogens (tertiary/aromatic N) is 3. The van der Waals surface area contributed by atoms with E-state index in [0.29, 0.717) is 24.5 Å². The van der Waals surface area contributed by atoms with Crippen LogP contribution in [-0.4, -0.2) is 21.2 Å². The lowest BCUT2D eigenvalue weighted by Gasteiger charge is -2.07. The number of anilines is 1. The van der Waals surface area contributed by atoms with E-state index in [1.165, 1.54) is 12.8 Å². The molecule has 0 bridgehead atoms. The zero-order chi connectivity index (χ0) is 13.2. The highest BCUT2D eigenvalue weighted by atomic mass is 32.1. The highest BCUT2D eigenvalue weighted by Crippen LogP contribution is 2.22. The van der Waals surface area contributed by atoms with Crippen LogP contribution in [0.25, 0.3) is 0 Å². The van der Waals surface area contributed by atoms with Gasteiger partial charge < -0.3 is 15.1 Å². The van der Waals surface area contributed by atoms with Gasteiger partial charge in [-0.2, -0.15) is 0 Å². The van der Waals surface area contributed by atoms with E-state index in [4.69, 9.17) is 4.42 Å². The fourth-order valence-corrected chi connectivity index (χ4v) is 2.52. The van der Waals surface area contributed by atoms with Crippen LogP contribution in [0.2, 0.25) is 0 Å². The minimum atomic E-state index is 0.0726. The van der Waals surface area contributed by atoms with Gasteiger partial charge in [-0.25, -0.2) is 4.98 Å². The molecule has 1 fully saturated rings. The molecule has 1 aliphatic carbocycles.